The van der Waals surface area contributed by atoms with E-state index in [9.17, 15) is 0 Å². The van der Waals surface area contributed by atoms with Crippen LogP contribution in [0.1, 0.15) is 0 Å². The average Bonchev–Trinajstić information content (AvgIpc) is 3.34. The number of nitrogens with zero attached hydrogens (tertiary/aromatic N) is 1. The molecule has 170 valence electrons. The third-order valence-electron chi connectivity index (χ3n) is 6.85. The summed E-state index contributed by atoms with van der Waals surface area (Å²) in [5, 5.41) is 5.53. The molecule has 0 saturated heterocycles. The summed E-state index contributed by atoms with van der Waals surface area (Å²) in [6, 6.07) is 50.4. The monoisotopic (exact) mass is 525 g/mol. The molecule has 0 amide bonds. The van der Waals surface area contributed by atoms with Gasteiger partial charge >= 0.3 is 205 Å². The Morgan fingerprint density at radius 1 is 0.417 bits per heavy atom. The van der Waals surface area contributed by atoms with Crippen molar-refractivity contribution in [1.82, 2.24) is 0 Å². The van der Waals surface area contributed by atoms with E-state index in [2.05, 4.69) is 144 Å². The van der Waals surface area contributed by atoms with Gasteiger partial charge in [0, 0.05) is 0 Å². The van der Waals surface area contributed by atoms with Crippen molar-refractivity contribution < 1.29 is 0 Å². The maximum absolute atomic E-state index is 2.39. The van der Waals surface area contributed by atoms with E-state index in [0.717, 1.165) is 17.1 Å². The predicted molar refractivity (Wildman–Crippen MR) is 156 cm³/mol. The summed E-state index contributed by atoms with van der Waals surface area (Å²) in [6.07, 6.45) is 0. The first kappa shape index (κ1) is 21.2. The van der Waals surface area contributed by atoms with Gasteiger partial charge in [0.25, 0.3) is 0 Å². The Morgan fingerprint density at radius 3 is 1.72 bits per heavy atom. The van der Waals surface area contributed by atoms with Crippen molar-refractivity contribution in [2.45, 2.75) is 0 Å². The molecule has 0 bridgehead atoms. The van der Waals surface area contributed by atoms with Crippen LogP contribution in [-0.2, 0) is 0 Å². The van der Waals surface area contributed by atoms with Crippen LogP contribution in [0.5, 0.6) is 0 Å². The van der Waals surface area contributed by atoms with Crippen LogP contribution in [0.4, 0.5) is 17.1 Å². The molecule has 6 aromatic carbocycles. The van der Waals surface area contributed by atoms with Gasteiger partial charge in [-0.1, -0.05) is 12.1 Å². The zero-order valence-electron chi connectivity index (χ0n) is 19.6. The Kier molecular flexibility index (Phi) is 5.21. The van der Waals surface area contributed by atoms with E-state index < -0.39 is 0 Å². The topological polar surface area (TPSA) is 3.24 Å². The number of benzene rings is 6. The van der Waals surface area contributed by atoms with Crippen molar-refractivity contribution in [3.05, 3.63) is 140 Å². The van der Waals surface area contributed by atoms with Crippen molar-refractivity contribution in [3.63, 3.8) is 0 Å². The molecule has 0 saturated carbocycles. The normalized spacial score (nSPS) is 11.3. The number of para-hydroxylation sites is 2. The molecule has 0 aliphatic carbocycles. The second-order valence-corrected chi connectivity index (χ2v) is 11.2. The Balaban J connectivity index is 1.32. The summed E-state index contributed by atoms with van der Waals surface area (Å²) in [5.74, 6) is 0. The van der Waals surface area contributed by atoms with Gasteiger partial charge in [0.05, 0.1) is 0 Å². The first-order valence-electron chi connectivity index (χ1n) is 12.2. The molecule has 0 radical (unpaired) electrons. The van der Waals surface area contributed by atoms with Crippen LogP contribution in [-0.4, -0.2) is 14.5 Å². The molecule has 0 atom stereocenters. The van der Waals surface area contributed by atoms with E-state index in [0.29, 0.717) is 14.5 Å². The molecule has 7 rings (SSSR count). The Bertz CT molecular complexity index is 1780. The van der Waals surface area contributed by atoms with Gasteiger partial charge in [-0.05, 0) is 0 Å². The molecule has 0 N–H and O–H groups in total. The van der Waals surface area contributed by atoms with Crippen LogP contribution in [0.15, 0.2) is 140 Å². The van der Waals surface area contributed by atoms with Crippen LogP contribution < -0.4 is 4.90 Å². The molecular weight excluding hydrogens is 501 g/mol. The fraction of sp³-hybridized carbons (Fsp3) is 0. The molecule has 0 spiro atoms. The van der Waals surface area contributed by atoms with Crippen molar-refractivity contribution in [1.29, 1.82) is 0 Å². The van der Waals surface area contributed by atoms with Crippen molar-refractivity contribution in [2.75, 3.05) is 4.90 Å². The third-order valence-corrected chi connectivity index (χ3v) is 9.41. The summed E-state index contributed by atoms with van der Waals surface area (Å²) in [6.45, 7) is 0. The van der Waals surface area contributed by atoms with Gasteiger partial charge in [0.2, 0.25) is 0 Å². The van der Waals surface area contributed by atoms with Crippen LogP contribution in [0.25, 0.3) is 41.2 Å². The number of rotatable bonds is 4. The van der Waals surface area contributed by atoms with Gasteiger partial charge in [0.1, 0.15) is 0 Å². The van der Waals surface area contributed by atoms with Crippen LogP contribution in [0.3, 0.4) is 0 Å². The number of hydrogen-bond donors (Lipinski definition) is 0. The van der Waals surface area contributed by atoms with Gasteiger partial charge in [-0.3, -0.25) is 0 Å². The van der Waals surface area contributed by atoms with Gasteiger partial charge in [-0.15, -0.1) is 0 Å². The summed E-state index contributed by atoms with van der Waals surface area (Å²) in [5.41, 5.74) is 5.96. The van der Waals surface area contributed by atoms with E-state index in [4.69, 9.17) is 0 Å². The molecule has 1 heterocycles. The molecule has 0 unspecified atom stereocenters. The molecule has 7 aromatic rings. The van der Waals surface area contributed by atoms with Crippen molar-refractivity contribution in [2.24, 2.45) is 0 Å². The Morgan fingerprint density at radius 2 is 1.00 bits per heavy atom. The zero-order chi connectivity index (χ0) is 23.9. The van der Waals surface area contributed by atoms with E-state index in [-0.39, 0.29) is 0 Å². The summed E-state index contributed by atoms with van der Waals surface area (Å²) in [7, 11) is 0. The Labute approximate surface area is 216 Å². The molecule has 0 aliphatic rings. The van der Waals surface area contributed by atoms with Gasteiger partial charge in [-0.25, -0.2) is 0 Å². The summed E-state index contributed by atoms with van der Waals surface area (Å²) in [4.78, 5) is 2.30. The van der Waals surface area contributed by atoms with E-state index in [1.807, 2.05) is 0 Å². The van der Waals surface area contributed by atoms with E-state index >= 15 is 0 Å². The third kappa shape index (κ3) is 3.63. The van der Waals surface area contributed by atoms with Crippen molar-refractivity contribution in [3.8, 4) is 11.1 Å². The van der Waals surface area contributed by atoms with Crippen LogP contribution in [0, 0.1) is 0 Å². The SMILES string of the molecule is c1ccc(N(c2ccccc2)c2ccc(-c3ccc4ccc5c6ccccc6[se]c5c4c3)cc2)cc1. The molecule has 2 heteroatoms. The summed E-state index contributed by atoms with van der Waals surface area (Å²) < 4.78 is 3.00. The molecule has 0 aliphatic heterocycles. The fourth-order valence-electron chi connectivity index (χ4n) is 5.09. The first-order chi connectivity index (χ1) is 17.8. The van der Waals surface area contributed by atoms with Gasteiger partial charge < -0.3 is 0 Å². The minimum absolute atomic E-state index is 0.347. The standard InChI is InChI=1S/C34H23NSe/c1-3-9-27(10-4-1)35(28-11-5-2-6-12-28)29-20-17-24(18-21-29)26-16-15-25-19-22-31-30-13-7-8-14-33(30)36-34(31)32(25)23-26/h1-23H. The number of anilines is 3. The van der Waals surface area contributed by atoms with E-state index in [1.165, 1.54) is 41.2 Å². The predicted octanol–water partition coefficient (Wildman–Crippen LogP) is 9.34. The second kappa shape index (κ2) is 8.84. The minimum atomic E-state index is 0.347. The quantitative estimate of drug-likeness (QED) is 0.207. The number of hydrogen-bond acceptors (Lipinski definition) is 1. The average molecular weight is 525 g/mol. The fourth-order valence-corrected chi connectivity index (χ4v) is 7.67. The number of fused-ring (bicyclic) bond motifs is 5. The zero-order valence-corrected chi connectivity index (χ0v) is 21.3. The van der Waals surface area contributed by atoms with E-state index in [1.54, 1.807) is 0 Å². The molecule has 1 nitrogen and oxygen atoms in total. The molecule has 36 heavy (non-hydrogen) atoms. The first-order valence-corrected chi connectivity index (χ1v) is 13.9. The maximum atomic E-state index is 2.39. The molecular formula is C34H23NSe. The Hall–Kier alpha value is -4.10. The summed E-state index contributed by atoms with van der Waals surface area (Å²) >= 11 is 0.347. The van der Waals surface area contributed by atoms with Crippen LogP contribution >= 0.6 is 0 Å². The second-order valence-electron chi connectivity index (χ2n) is 9.03. The van der Waals surface area contributed by atoms with Gasteiger partial charge in [-0.2, -0.15) is 0 Å². The van der Waals surface area contributed by atoms with Crippen LogP contribution in [0.2, 0.25) is 0 Å². The van der Waals surface area contributed by atoms with Gasteiger partial charge in [0.15, 0.2) is 0 Å². The molecule has 0 fully saturated rings. The van der Waals surface area contributed by atoms with Crippen molar-refractivity contribution >= 4 is 61.6 Å². The molecule has 1 aromatic heterocycles.